The summed E-state index contributed by atoms with van der Waals surface area (Å²) in [5, 5.41) is 21.3. The molecule has 4 N–H and O–H groups in total. The zero-order chi connectivity index (χ0) is 16.3. The monoisotopic (exact) mass is 319 g/mol. The van der Waals surface area contributed by atoms with Gasteiger partial charge in [-0.25, -0.2) is 8.42 Å². The van der Waals surface area contributed by atoms with E-state index >= 15 is 0 Å². The predicted molar refractivity (Wildman–Crippen MR) is 74.2 cm³/mol. The van der Waals surface area contributed by atoms with Crippen molar-refractivity contribution in [1.29, 1.82) is 0 Å². The van der Waals surface area contributed by atoms with E-state index in [-0.39, 0.29) is 16.9 Å². The molecule has 0 saturated carbocycles. The second-order valence-corrected chi connectivity index (χ2v) is 6.82. The smallest absolute Gasteiger partial charge is 0.262 e. The van der Waals surface area contributed by atoms with E-state index in [1.165, 1.54) is 18.2 Å². The fourth-order valence-electron chi connectivity index (χ4n) is 1.72. The molecule has 7 nitrogen and oxygen atoms in total. The maximum atomic E-state index is 10.6. The Kier molecular flexibility index (Phi) is 5.71. The van der Waals surface area contributed by atoms with Crippen molar-refractivity contribution in [3.05, 3.63) is 29.3 Å². The van der Waals surface area contributed by atoms with E-state index in [2.05, 4.69) is 4.18 Å². The first kappa shape index (κ1) is 17.9. The number of quaternary nitrogens is 1. The van der Waals surface area contributed by atoms with Gasteiger partial charge in [-0.2, -0.15) is 0 Å². The highest BCUT2D eigenvalue weighted by Crippen LogP contribution is 2.24. The van der Waals surface area contributed by atoms with E-state index in [1.54, 1.807) is 0 Å². The Hall–Kier alpha value is -1.19. The number of nitrogens with two attached hydrogens (primary N) is 1. The van der Waals surface area contributed by atoms with Crippen molar-refractivity contribution in [1.82, 2.24) is 0 Å². The topological polar surface area (TPSA) is 124 Å². The van der Waals surface area contributed by atoms with Gasteiger partial charge in [-0.3, -0.25) is 0 Å². The first-order chi connectivity index (χ1) is 9.52. The molecule has 21 heavy (non-hydrogen) atoms. The van der Waals surface area contributed by atoms with Gasteiger partial charge in [0.15, 0.2) is 0 Å². The fourth-order valence-corrected chi connectivity index (χ4v) is 2.11. The van der Waals surface area contributed by atoms with E-state index in [4.69, 9.17) is 0 Å². The highest BCUT2D eigenvalue weighted by Gasteiger charge is 2.18. The third-order valence-corrected chi connectivity index (χ3v) is 3.17. The maximum Gasteiger partial charge on any atom is 0.262 e. The summed E-state index contributed by atoms with van der Waals surface area (Å²) in [6, 6.07) is 4.12. The third kappa shape index (κ3) is 6.40. The molecular formula is C13H21NO6S. The molecule has 0 aliphatic carbocycles. The molecule has 0 unspecified atom stereocenters. The highest BCUT2D eigenvalue weighted by atomic mass is 32.3. The Balaban J connectivity index is 2.91. The van der Waals surface area contributed by atoms with Crippen LogP contribution in [0.3, 0.4) is 0 Å². The lowest BCUT2D eigenvalue weighted by Gasteiger charge is -2.20. The minimum atomic E-state index is -4.90. The molecule has 0 amide bonds. The number of hydrogen-bond donors (Lipinski definition) is 3. The van der Waals surface area contributed by atoms with Gasteiger partial charge in [-0.05, 0) is 38.5 Å². The largest absolute Gasteiger partial charge is 0.716 e. The summed E-state index contributed by atoms with van der Waals surface area (Å²) in [6.45, 7) is 5.93. The molecule has 1 atom stereocenters. The van der Waals surface area contributed by atoms with Crippen molar-refractivity contribution in [2.24, 2.45) is 0 Å². The molecule has 120 valence electrons. The Morgan fingerprint density at radius 2 is 2.00 bits per heavy atom. The van der Waals surface area contributed by atoms with Crippen LogP contribution in [0, 0.1) is 0 Å². The Morgan fingerprint density at radius 3 is 2.48 bits per heavy atom. The summed E-state index contributed by atoms with van der Waals surface area (Å²) < 4.78 is 36.0. The van der Waals surface area contributed by atoms with Crippen LogP contribution in [-0.4, -0.2) is 35.3 Å². The van der Waals surface area contributed by atoms with Crippen LogP contribution in [0.5, 0.6) is 5.75 Å². The molecule has 0 radical (unpaired) electrons. The van der Waals surface area contributed by atoms with Crippen molar-refractivity contribution in [2.75, 3.05) is 6.54 Å². The van der Waals surface area contributed by atoms with E-state index < -0.39 is 23.1 Å². The van der Waals surface area contributed by atoms with Gasteiger partial charge in [-0.1, -0.05) is 6.07 Å². The van der Waals surface area contributed by atoms with E-state index in [9.17, 15) is 23.2 Å². The Bertz CT molecular complexity index is 579. The number of hydrogen-bond acceptors (Lipinski definition) is 6. The maximum absolute atomic E-state index is 10.6. The molecule has 1 aromatic carbocycles. The van der Waals surface area contributed by atoms with Crippen molar-refractivity contribution in [3.63, 3.8) is 0 Å². The molecule has 0 aliphatic heterocycles. The van der Waals surface area contributed by atoms with Gasteiger partial charge in [0.25, 0.3) is 10.4 Å². The summed E-state index contributed by atoms with van der Waals surface area (Å²) in [5.74, 6) is -0.233. The van der Waals surface area contributed by atoms with Crippen LogP contribution < -0.4 is 9.50 Å². The second-order valence-electron chi connectivity index (χ2n) is 5.84. The molecule has 0 bridgehead atoms. The highest BCUT2D eigenvalue weighted by molar-refractivity contribution is 7.81. The lowest BCUT2D eigenvalue weighted by Crippen LogP contribution is -2.95. The Labute approximate surface area is 124 Å². The van der Waals surface area contributed by atoms with Crippen molar-refractivity contribution < 1.29 is 32.7 Å². The summed E-state index contributed by atoms with van der Waals surface area (Å²) in [4.78, 5) is 0. The third-order valence-electron chi connectivity index (χ3n) is 2.78. The zero-order valence-electron chi connectivity index (χ0n) is 12.2. The van der Waals surface area contributed by atoms with E-state index in [0.717, 1.165) is 0 Å². The fraction of sp³-hybridized carbons (Fsp3) is 0.538. The van der Waals surface area contributed by atoms with Gasteiger partial charge in [0.2, 0.25) is 0 Å². The first-order valence-electron chi connectivity index (χ1n) is 6.43. The molecule has 8 heteroatoms. The van der Waals surface area contributed by atoms with E-state index in [1.807, 2.05) is 26.1 Å². The van der Waals surface area contributed by atoms with Gasteiger partial charge in [0, 0.05) is 5.56 Å². The summed E-state index contributed by atoms with van der Waals surface area (Å²) in [5.41, 5.74) is 0.595. The van der Waals surface area contributed by atoms with Crippen LogP contribution in [0.1, 0.15) is 38.0 Å². The first-order valence-corrected chi connectivity index (χ1v) is 7.76. The summed E-state index contributed by atoms with van der Waals surface area (Å²) >= 11 is 0. The molecule has 0 aliphatic rings. The van der Waals surface area contributed by atoms with Gasteiger partial charge in [-0.15, -0.1) is 0 Å². The molecular weight excluding hydrogens is 298 g/mol. The minimum Gasteiger partial charge on any atom is -0.716 e. The van der Waals surface area contributed by atoms with Crippen LogP contribution in [0.4, 0.5) is 0 Å². The average molecular weight is 319 g/mol. The van der Waals surface area contributed by atoms with Crippen LogP contribution in [-0.2, 0) is 17.0 Å². The van der Waals surface area contributed by atoms with Crippen LogP contribution in [0.25, 0.3) is 0 Å². The SMILES string of the molecule is CC(C)(C)[NH2+]C[C@@H](O)c1ccc(OS(=O)(=O)[O-])c(CO)c1. The van der Waals surface area contributed by atoms with E-state index in [0.29, 0.717) is 12.1 Å². The zero-order valence-corrected chi connectivity index (χ0v) is 13.1. The number of aliphatic hydroxyl groups is 2. The van der Waals surface area contributed by atoms with Crippen LogP contribution in [0.15, 0.2) is 18.2 Å². The van der Waals surface area contributed by atoms with Gasteiger partial charge < -0.3 is 24.3 Å². The molecule has 0 saturated heterocycles. The molecule has 0 spiro atoms. The van der Waals surface area contributed by atoms with Crippen LogP contribution >= 0.6 is 0 Å². The summed E-state index contributed by atoms with van der Waals surface area (Å²) in [7, 11) is -4.90. The number of benzene rings is 1. The minimum absolute atomic E-state index is 0.0412. The van der Waals surface area contributed by atoms with Gasteiger partial charge in [0.05, 0.1) is 12.1 Å². The molecule has 1 aromatic rings. The second kappa shape index (κ2) is 6.71. The molecule has 1 rings (SSSR count). The van der Waals surface area contributed by atoms with Crippen molar-refractivity contribution in [3.8, 4) is 5.75 Å². The average Bonchev–Trinajstić information content (AvgIpc) is 2.33. The lowest BCUT2D eigenvalue weighted by atomic mass is 10.0. The normalized spacial score (nSPS) is 14.0. The summed E-state index contributed by atoms with van der Waals surface area (Å²) in [6.07, 6.45) is -0.785. The Morgan fingerprint density at radius 1 is 1.38 bits per heavy atom. The number of rotatable bonds is 6. The molecule has 0 fully saturated rings. The predicted octanol–water partition coefficient (Wildman–Crippen LogP) is -0.587. The van der Waals surface area contributed by atoms with Gasteiger partial charge in [0.1, 0.15) is 18.4 Å². The van der Waals surface area contributed by atoms with Crippen LogP contribution in [0.2, 0.25) is 0 Å². The standard InChI is InChI=1S/C13H21NO6S/c1-13(2,3)14-7-11(16)9-4-5-12(10(6-9)8-15)20-21(17,18)19/h4-6,11,14-16H,7-8H2,1-3H3,(H,17,18,19)/t11-/m1/s1. The lowest BCUT2D eigenvalue weighted by molar-refractivity contribution is -0.722. The number of aliphatic hydroxyl groups excluding tert-OH is 2. The van der Waals surface area contributed by atoms with Gasteiger partial charge >= 0.3 is 0 Å². The molecule has 0 heterocycles. The molecule has 0 aromatic heterocycles. The van der Waals surface area contributed by atoms with Crippen molar-refractivity contribution in [2.45, 2.75) is 39.0 Å². The quantitative estimate of drug-likeness (QED) is 0.476. The van der Waals surface area contributed by atoms with Crippen molar-refractivity contribution >= 4 is 10.4 Å².